The number of ether oxygens (including phenoxy) is 1. The van der Waals surface area contributed by atoms with Crippen LogP contribution in [0.5, 0.6) is 0 Å². The second-order valence-corrected chi connectivity index (χ2v) is 4.12. The minimum absolute atomic E-state index is 0.0917. The van der Waals surface area contributed by atoms with Crippen LogP contribution in [-0.2, 0) is 19.1 Å². The van der Waals surface area contributed by atoms with E-state index in [1.807, 2.05) is 0 Å². The summed E-state index contributed by atoms with van der Waals surface area (Å²) in [7, 11) is 0. The summed E-state index contributed by atoms with van der Waals surface area (Å²) in [5.41, 5.74) is 0. The van der Waals surface area contributed by atoms with Crippen molar-refractivity contribution in [2.45, 2.75) is 19.1 Å². The van der Waals surface area contributed by atoms with Crippen molar-refractivity contribution in [3.8, 4) is 0 Å². The Morgan fingerprint density at radius 1 is 1.47 bits per heavy atom. The van der Waals surface area contributed by atoms with Crippen LogP contribution < -0.4 is 10.6 Å². The largest absolute Gasteiger partial charge is 0.366 e. The summed E-state index contributed by atoms with van der Waals surface area (Å²) in [6.07, 6.45) is -0.607. The lowest BCUT2D eigenvalue weighted by atomic mass is 10.1. The molecule has 0 aliphatic carbocycles. The van der Waals surface area contributed by atoms with Gasteiger partial charge in [0.05, 0.1) is 6.61 Å². The van der Waals surface area contributed by atoms with Gasteiger partial charge in [0.1, 0.15) is 18.7 Å². The van der Waals surface area contributed by atoms with Crippen molar-refractivity contribution in [1.29, 1.82) is 0 Å². The van der Waals surface area contributed by atoms with Crippen LogP contribution in [0.15, 0.2) is 0 Å². The van der Waals surface area contributed by atoms with E-state index in [9.17, 15) is 14.4 Å². The van der Waals surface area contributed by atoms with Crippen molar-refractivity contribution < 1.29 is 19.1 Å². The summed E-state index contributed by atoms with van der Waals surface area (Å²) in [6.45, 7) is 3.08. The topological polar surface area (TPSA) is 87.7 Å². The molecule has 2 unspecified atom stereocenters. The van der Waals surface area contributed by atoms with Crippen LogP contribution in [0.25, 0.3) is 0 Å². The first-order chi connectivity index (χ1) is 8.09. The summed E-state index contributed by atoms with van der Waals surface area (Å²) in [6, 6.07) is -0.634. The molecule has 17 heavy (non-hydrogen) atoms. The molecule has 3 amide bonds. The summed E-state index contributed by atoms with van der Waals surface area (Å²) >= 11 is 0. The van der Waals surface area contributed by atoms with Gasteiger partial charge < -0.3 is 15.0 Å². The molecule has 2 atom stereocenters. The fraction of sp³-hybridized carbons (Fsp3) is 0.700. The highest BCUT2D eigenvalue weighted by Crippen LogP contribution is 2.09. The van der Waals surface area contributed by atoms with Gasteiger partial charge >= 0.3 is 0 Å². The normalized spacial score (nSPS) is 30.1. The minimum Gasteiger partial charge on any atom is -0.366 e. The molecule has 7 nitrogen and oxygen atoms in total. The van der Waals surface area contributed by atoms with Gasteiger partial charge in [-0.2, -0.15) is 0 Å². The van der Waals surface area contributed by atoms with Crippen molar-refractivity contribution in [2.75, 3.05) is 26.2 Å². The first-order valence-corrected chi connectivity index (χ1v) is 5.56. The van der Waals surface area contributed by atoms with E-state index in [0.29, 0.717) is 19.7 Å². The van der Waals surface area contributed by atoms with Crippen LogP contribution in [-0.4, -0.2) is 61.0 Å². The van der Waals surface area contributed by atoms with E-state index in [1.165, 1.54) is 4.90 Å². The number of morpholine rings is 1. The molecule has 2 rings (SSSR count). The van der Waals surface area contributed by atoms with Crippen LogP contribution in [0.1, 0.15) is 6.92 Å². The smallest absolute Gasteiger partial charge is 0.254 e. The number of amides is 3. The van der Waals surface area contributed by atoms with Gasteiger partial charge in [-0.3, -0.25) is 19.7 Å². The third-order valence-corrected chi connectivity index (χ3v) is 2.91. The first kappa shape index (κ1) is 12.0. The first-order valence-electron chi connectivity index (χ1n) is 5.56. The summed E-state index contributed by atoms with van der Waals surface area (Å²) < 4.78 is 5.32. The summed E-state index contributed by atoms with van der Waals surface area (Å²) in [5.74, 6) is -1.21. The zero-order valence-corrected chi connectivity index (χ0v) is 9.56. The van der Waals surface area contributed by atoms with Crippen molar-refractivity contribution in [1.82, 2.24) is 15.5 Å². The highest BCUT2D eigenvalue weighted by atomic mass is 16.5. The Morgan fingerprint density at radius 3 is 2.88 bits per heavy atom. The molecule has 0 aromatic carbocycles. The zero-order valence-electron chi connectivity index (χ0n) is 9.56. The average molecular weight is 241 g/mol. The molecule has 0 spiro atoms. The van der Waals surface area contributed by atoms with Crippen molar-refractivity contribution in [3.63, 3.8) is 0 Å². The lowest BCUT2D eigenvalue weighted by Gasteiger charge is -2.35. The summed E-state index contributed by atoms with van der Waals surface area (Å²) in [5, 5.41) is 5.22. The van der Waals surface area contributed by atoms with Crippen molar-refractivity contribution in [3.05, 3.63) is 0 Å². The number of hydrogen-bond donors (Lipinski definition) is 2. The van der Waals surface area contributed by atoms with Gasteiger partial charge in [0, 0.05) is 13.1 Å². The molecule has 2 aliphatic rings. The summed E-state index contributed by atoms with van der Waals surface area (Å²) in [4.78, 5) is 36.0. The van der Waals surface area contributed by atoms with Gasteiger partial charge in [-0.25, -0.2) is 0 Å². The van der Waals surface area contributed by atoms with E-state index in [0.717, 1.165) is 0 Å². The molecular formula is C10H15N3O4. The molecule has 2 fully saturated rings. The lowest BCUT2D eigenvalue weighted by Crippen LogP contribution is -2.62. The number of nitrogens with one attached hydrogen (secondary N) is 2. The Balaban J connectivity index is 2.06. The third kappa shape index (κ3) is 2.45. The Hall–Kier alpha value is -1.47. The number of hydrogen-bond acceptors (Lipinski definition) is 5. The van der Waals surface area contributed by atoms with Crippen LogP contribution in [0.3, 0.4) is 0 Å². The molecule has 2 saturated heterocycles. The Morgan fingerprint density at radius 2 is 2.24 bits per heavy atom. The maximum Gasteiger partial charge on any atom is 0.254 e. The van der Waals surface area contributed by atoms with Crippen molar-refractivity contribution in [2.24, 2.45) is 0 Å². The van der Waals surface area contributed by atoms with Gasteiger partial charge in [-0.05, 0) is 6.92 Å². The Bertz CT molecular complexity index is 351. The zero-order chi connectivity index (χ0) is 12.4. The van der Waals surface area contributed by atoms with Gasteiger partial charge in [-0.1, -0.05) is 0 Å². The van der Waals surface area contributed by atoms with E-state index in [4.69, 9.17) is 4.74 Å². The maximum absolute atomic E-state index is 12.1. The molecule has 0 aromatic rings. The maximum atomic E-state index is 12.1. The SMILES string of the molecule is CC1C(=O)NC(=O)CN1C(=O)C1CNCCO1. The highest BCUT2D eigenvalue weighted by Gasteiger charge is 2.37. The number of carbonyl (C=O) groups excluding carboxylic acids is 3. The second-order valence-electron chi connectivity index (χ2n) is 4.12. The van der Waals surface area contributed by atoms with Crippen LogP contribution in [0, 0.1) is 0 Å². The third-order valence-electron chi connectivity index (χ3n) is 2.91. The number of piperazine rings is 1. The number of rotatable bonds is 1. The fourth-order valence-electron chi connectivity index (χ4n) is 1.89. The molecule has 0 bridgehead atoms. The number of imide groups is 1. The molecule has 7 heteroatoms. The molecular weight excluding hydrogens is 226 g/mol. The molecule has 0 radical (unpaired) electrons. The van der Waals surface area contributed by atoms with E-state index in [1.54, 1.807) is 6.92 Å². The molecule has 2 heterocycles. The van der Waals surface area contributed by atoms with Gasteiger partial charge in [0.2, 0.25) is 11.8 Å². The van der Waals surface area contributed by atoms with Crippen LogP contribution >= 0.6 is 0 Å². The fourth-order valence-corrected chi connectivity index (χ4v) is 1.89. The highest BCUT2D eigenvalue weighted by molar-refractivity contribution is 6.04. The standard InChI is InChI=1S/C10H15N3O4/c1-6-9(15)12-8(14)5-13(6)10(16)7-4-11-2-3-17-7/h6-7,11H,2-5H2,1H3,(H,12,14,15). The minimum atomic E-state index is -0.634. The molecule has 0 saturated carbocycles. The van der Waals surface area contributed by atoms with Crippen LogP contribution in [0.4, 0.5) is 0 Å². The Kier molecular flexibility index (Phi) is 3.39. The monoisotopic (exact) mass is 241 g/mol. The van der Waals surface area contributed by atoms with Crippen LogP contribution in [0.2, 0.25) is 0 Å². The molecule has 2 aliphatic heterocycles. The second kappa shape index (κ2) is 4.80. The quantitative estimate of drug-likeness (QED) is 0.511. The average Bonchev–Trinajstić information content (AvgIpc) is 2.34. The van der Waals surface area contributed by atoms with Crippen molar-refractivity contribution >= 4 is 17.7 Å². The number of carbonyl (C=O) groups is 3. The van der Waals surface area contributed by atoms with E-state index < -0.39 is 24.0 Å². The van der Waals surface area contributed by atoms with Gasteiger partial charge in [0.25, 0.3) is 5.91 Å². The van der Waals surface area contributed by atoms with Gasteiger partial charge in [-0.15, -0.1) is 0 Å². The molecule has 0 aromatic heterocycles. The van der Waals surface area contributed by atoms with Gasteiger partial charge in [0.15, 0.2) is 0 Å². The predicted octanol–water partition coefficient (Wildman–Crippen LogP) is -2.15. The predicted molar refractivity (Wildman–Crippen MR) is 56.9 cm³/mol. The lowest BCUT2D eigenvalue weighted by molar-refractivity contribution is -0.157. The molecule has 2 N–H and O–H groups in total. The van der Waals surface area contributed by atoms with E-state index >= 15 is 0 Å². The Labute approximate surface area is 98.5 Å². The number of nitrogens with zero attached hydrogens (tertiary/aromatic N) is 1. The van der Waals surface area contributed by atoms with E-state index in [2.05, 4.69) is 10.6 Å². The van der Waals surface area contributed by atoms with E-state index in [-0.39, 0.29) is 12.5 Å². The molecule has 94 valence electrons.